The van der Waals surface area contributed by atoms with Gasteiger partial charge in [0.2, 0.25) is 5.89 Å². The second-order valence-electron chi connectivity index (χ2n) is 6.73. The SMILES string of the molecule is C[C@@]1(c2ccc([N+](=O)[O-])cc2)NC(=O)N(Cc2ncc(-c3ccccc3)o2)C1=O. The van der Waals surface area contributed by atoms with Crippen molar-refractivity contribution in [2.75, 3.05) is 0 Å². The zero-order chi connectivity index (χ0) is 20.6. The fourth-order valence-corrected chi connectivity index (χ4v) is 3.21. The van der Waals surface area contributed by atoms with Crippen molar-refractivity contribution < 1.29 is 18.9 Å². The van der Waals surface area contributed by atoms with Crippen LogP contribution in [0.4, 0.5) is 10.5 Å². The van der Waals surface area contributed by atoms with Gasteiger partial charge in [0.1, 0.15) is 12.1 Å². The number of oxazole rings is 1. The van der Waals surface area contributed by atoms with Crippen LogP contribution < -0.4 is 5.32 Å². The van der Waals surface area contributed by atoms with Gasteiger partial charge in [-0.2, -0.15) is 0 Å². The molecule has 3 aromatic rings. The minimum absolute atomic E-state index is 0.0980. The Bertz CT molecular complexity index is 1090. The summed E-state index contributed by atoms with van der Waals surface area (Å²) in [6, 6.07) is 14.3. The van der Waals surface area contributed by atoms with E-state index in [0.717, 1.165) is 10.5 Å². The summed E-state index contributed by atoms with van der Waals surface area (Å²) in [7, 11) is 0. The van der Waals surface area contributed by atoms with Gasteiger partial charge >= 0.3 is 6.03 Å². The van der Waals surface area contributed by atoms with Gasteiger partial charge in [0, 0.05) is 17.7 Å². The number of benzene rings is 2. The van der Waals surface area contributed by atoms with Crippen molar-refractivity contribution in [3.05, 3.63) is 82.4 Å². The van der Waals surface area contributed by atoms with Crippen LogP contribution in [-0.4, -0.2) is 26.7 Å². The second-order valence-corrected chi connectivity index (χ2v) is 6.73. The Labute approximate surface area is 165 Å². The summed E-state index contributed by atoms with van der Waals surface area (Å²) in [6.07, 6.45) is 1.54. The van der Waals surface area contributed by atoms with Gasteiger partial charge < -0.3 is 9.73 Å². The van der Waals surface area contributed by atoms with E-state index in [1.807, 2.05) is 30.3 Å². The molecule has 1 aromatic heterocycles. The monoisotopic (exact) mass is 392 g/mol. The first-order valence-corrected chi connectivity index (χ1v) is 8.77. The van der Waals surface area contributed by atoms with Gasteiger partial charge in [0.15, 0.2) is 5.76 Å². The highest BCUT2D eigenvalue weighted by atomic mass is 16.6. The number of carbonyl (C=O) groups is 2. The maximum absolute atomic E-state index is 13.0. The van der Waals surface area contributed by atoms with Crippen molar-refractivity contribution in [2.45, 2.75) is 19.0 Å². The minimum Gasteiger partial charge on any atom is -0.439 e. The van der Waals surface area contributed by atoms with Crippen molar-refractivity contribution in [2.24, 2.45) is 0 Å². The van der Waals surface area contributed by atoms with E-state index < -0.39 is 22.4 Å². The molecule has 0 radical (unpaired) electrons. The number of amides is 3. The Morgan fingerprint density at radius 1 is 1.14 bits per heavy atom. The van der Waals surface area contributed by atoms with Crippen LogP contribution in [0.2, 0.25) is 0 Å². The molecule has 9 nitrogen and oxygen atoms in total. The third kappa shape index (κ3) is 3.22. The first kappa shape index (κ1) is 18.4. The van der Waals surface area contributed by atoms with Crippen LogP contribution in [0.5, 0.6) is 0 Å². The van der Waals surface area contributed by atoms with E-state index in [4.69, 9.17) is 4.42 Å². The highest BCUT2D eigenvalue weighted by molar-refractivity contribution is 6.07. The van der Waals surface area contributed by atoms with Crippen LogP contribution in [0, 0.1) is 10.1 Å². The molecule has 146 valence electrons. The number of imide groups is 1. The first-order valence-electron chi connectivity index (χ1n) is 8.77. The predicted molar refractivity (Wildman–Crippen MR) is 101 cm³/mol. The van der Waals surface area contributed by atoms with Crippen molar-refractivity contribution >= 4 is 17.6 Å². The molecule has 0 bridgehead atoms. The molecule has 2 heterocycles. The molecule has 0 unspecified atom stereocenters. The molecule has 0 spiro atoms. The van der Waals surface area contributed by atoms with Crippen LogP contribution in [0.15, 0.2) is 65.2 Å². The highest BCUT2D eigenvalue weighted by Crippen LogP contribution is 2.31. The Morgan fingerprint density at radius 3 is 2.48 bits per heavy atom. The lowest BCUT2D eigenvalue weighted by atomic mass is 9.92. The van der Waals surface area contributed by atoms with E-state index >= 15 is 0 Å². The van der Waals surface area contributed by atoms with E-state index in [0.29, 0.717) is 11.3 Å². The summed E-state index contributed by atoms with van der Waals surface area (Å²) in [4.78, 5) is 40.9. The zero-order valence-corrected chi connectivity index (χ0v) is 15.4. The van der Waals surface area contributed by atoms with Gasteiger partial charge in [-0.05, 0) is 24.6 Å². The molecule has 3 amide bonds. The molecule has 0 saturated carbocycles. The lowest BCUT2D eigenvalue weighted by molar-refractivity contribution is -0.384. The number of nitro groups is 1. The largest absolute Gasteiger partial charge is 0.439 e. The maximum atomic E-state index is 13.0. The van der Waals surface area contributed by atoms with Crippen molar-refractivity contribution in [1.82, 2.24) is 15.2 Å². The van der Waals surface area contributed by atoms with Crippen LogP contribution in [0.1, 0.15) is 18.4 Å². The minimum atomic E-state index is -1.33. The fourth-order valence-electron chi connectivity index (χ4n) is 3.21. The number of hydrogen-bond acceptors (Lipinski definition) is 6. The number of nitrogens with zero attached hydrogens (tertiary/aromatic N) is 3. The standard InChI is InChI=1S/C20H16N4O5/c1-20(14-7-9-15(10-8-14)24(27)28)18(25)23(19(26)22-20)12-17-21-11-16(29-17)13-5-3-2-4-6-13/h2-11H,12H2,1H3,(H,22,26)/t20-/m0/s1. The Kier molecular flexibility index (Phi) is 4.34. The van der Waals surface area contributed by atoms with E-state index in [9.17, 15) is 19.7 Å². The second kappa shape index (κ2) is 6.86. The molecule has 0 aliphatic carbocycles. The van der Waals surface area contributed by atoms with Gasteiger partial charge in [0.25, 0.3) is 11.6 Å². The molecular formula is C20H16N4O5. The third-order valence-electron chi connectivity index (χ3n) is 4.84. The number of non-ortho nitro benzene ring substituents is 1. The van der Waals surface area contributed by atoms with Crippen molar-refractivity contribution in [3.8, 4) is 11.3 Å². The Balaban J connectivity index is 1.55. The smallest absolute Gasteiger partial charge is 0.325 e. The van der Waals surface area contributed by atoms with Crippen LogP contribution in [-0.2, 0) is 16.9 Å². The Morgan fingerprint density at radius 2 is 1.83 bits per heavy atom. The fraction of sp³-hybridized carbons (Fsp3) is 0.150. The van der Waals surface area contributed by atoms with Crippen LogP contribution in [0.3, 0.4) is 0 Å². The van der Waals surface area contributed by atoms with Gasteiger partial charge in [-0.15, -0.1) is 0 Å². The van der Waals surface area contributed by atoms with Gasteiger partial charge in [-0.25, -0.2) is 9.78 Å². The lowest BCUT2D eigenvalue weighted by Crippen LogP contribution is -2.40. The number of rotatable bonds is 5. The van der Waals surface area contributed by atoms with Gasteiger partial charge in [-0.1, -0.05) is 30.3 Å². The summed E-state index contributed by atoms with van der Waals surface area (Å²) >= 11 is 0. The third-order valence-corrected chi connectivity index (χ3v) is 4.84. The topological polar surface area (TPSA) is 119 Å². The number of urea groups is 1. The molecule has 1 N–H and O–H groups in total. The summed E-state index contributed by atoms with van der Waals surface area (Å²) in [6.45, 7) is 1.43. The predicted octanol–water partition coefficient (Wildman–Crippen LogP) is 3.22. The summed E-state index contributed by atoms with van der Waals surface area (Å²) in [5, 5.41) is 13.5. The van der Waals surface area contributed by atoms with E-state index in [-0.39, 0.29) is 18.1 Å². The molecule has 4 rings (SSSR count). The van der Waals surface area contributed by atoms with Crippen LogP contribution in [0.25, 0.3) is 11.3 Å². The van der Waals surface area contributed by atoms with E-state index in [2.05, 4.69) is 10.3 Å². The number of carbonyl (C=O) groups excluding carboxylic acids is 2. The van der Waals surface area contributed by atoms with E-state index in [1.54, 1.807) is 13.1 Å². The number of hydrogen-bond donors (Lipinski definition) is 1. The molecule has 9 heteroatoms. The average molecular weight is 392 g/mol. The van der Waals surface area contributed by atoms with E-state index in [1.165, 1.54) is 24.3 Å². The highest BCUT2D eigenvalue weighted by Gasteiger charge is 2.49. The Hall–Kier alpha value is -4.01. The number of nitro benzene ring substituents is 1. The lowest BCUT2D eigenvalue weighted by Gasteiger charge is -2.21. The number of nitrogens with one attached hydrogen (secondary N) is 1. The van der Waals surface area contributed by atoms with Gasteiger partial charge in [0.05, 0.1) is 11.1 Å². The van der Waals surface area contributed by atoms with Crippen molar-refractivity contribution in [1.29, 1.82) is 0 Å². The van der Waals surface area contributed by atoms with Crippen LogP contribution >= 0.6 is 0 Å². The molecule has 29 heavy (non-hydrogen) atoms. The summed E-state index contributed by atoms with van der Waals surface area (Å²) < 4.78 is 5.68. The average Bonchev–Trinajstić information content (AvgIpc) is 3.28. The summed E-state index contributed by atoms with van der Waals surface area (Å²) in [5.74, 6) is 0.266. The molecule has 1 fully saturated rings. The molecule has 1 aliphatic rings. The molecule has 1 atom stereocenters. The number of aromatic nitrogens is 1. The molecular weight excluding hydrogens is 376 g/mol. The zero-order valence-electron chi connectivity index (χ0n) is 15.4. The first-order chi connectivity index (χ1) is 13.9. The quantitative estimate of drug-likeness (QED) is 0.405. The summed E-state index contributed by atoms with van der Waals surface area (Å²) in [5.41, 5.74) is -0.152. The molecule has 1 aliphatic heterocycles. The molecule has 2 aromatic carbocycles. The van der Waals surface area contributed by atoms with Crippen molar-refractivity contribution in [3.63, 3.8) is 0 Å². The molecule has 1 saturated heterocycles. The maximum Gasteiger partial charge on any atom is 0.325 e. The van der Waals surface area contributed by atoms with Gasteiger partial charge in [-0.3, -0.25) is 19.8 Å². The normalized spacial score (nSPS) is 18.7.